The molecule has 0 aliphatic rings. The first kappa shape index (κ1) is 16.4. The summed E-state index contributed by atoms with van der Waals surface area (Å²) in [6.07, 6.45) is 3.44. The minimum atomic E-state index is -0.000402. The van der Waals surface area contributed by atoms with Crippen molar-refractivity contribution in [3.05, 3.63) is 66.1 Å². The van der Waals surface area contributed by atoms with Gasteiger partial charge in [0.2, 0.25) is 0 Å². The van der Waals surface area contributed by atoms with Crippen LogP contribution in [0, 0.1) is 0 Å². The molecule has 0 aliphatic heterocycles. The summed E-state index contributed by atoms with van der Waals surface area (Å²) in [4.78, 5) is 11.6. The van der Waals surface area contributed by atoms with Crippen LogP contribution in [0.4, 0.5) is 5.69 Å². The summed E-state index contributed by atoms with van der Waals surface area (Å²) in [6, 6.07) is 14.7. The standard InChI is InChI=1S/C18H17N5O2/c1-13(24)16-5-3-4-6-17(16)19-12-11-18-20-21-22-23(18)14-7-9-15(25-2)10-8-14/h3-12,19H,1-2H3. The highest BCUT2D eigenvalue weighted by molar-refractivity contribution is 5.99. The van der Waals surface area contributed by atoms with Crippen LogP contribution in [0.1, 0.15) is 23.1 Å². The van der Waals surface area contributed by atoms with Crippen LogP contribution in [0.3, 0.4) is 0 Å². The maximum atomic E-state index is 11.6. The van der Waals surface area contributed by atoms with E-state index in [1.807, 2.05) is 42.5 Å². The number of Topliss-reactive ketones (excluding diaryl/α,β-unsaturated/α-hetero) is 1. The molecule has 0 amide bonds. The number of rotatable bonds is 6. The molecule has 0 saturated heterocycles. The summed E-state index contributed by atoms with van der Waals surface area (Å²) in [7, 11) is 1.62. The van der Waals surface area contributed by atoms with Gasteiger partial charge in [0.25, 0.3) is 0 Å². The zero-order valence-electron chi connectivity index (χ0n) is 13.9. The number of benzene rings is 2. The molecule has 2 aromatic carbocycles. The third-order valence-electron chi connectivity index (χ3n) is 3.59. The van der Waals surface area contributed by atoms with E-state index in [4.69, 9.17) is 4.74 Å². The number of tetrazole rings is 1. The van der Waals surface area contributed by atoms with E-state index in [2.05, 4.69) is 20.8 Å². The number of carbonyl (C=O) groups excluding carboxylic acids is 1. The van der Waals surface area contributed by atoms with E-state index in [1.54, 1.807) is 30.1 Å². The van der Waals surface area contributed by atoms with Crippen molar-refractivity contribution in [1.82, 2.24) is 20.2 Å². The second-order valence-corrected chi connectivity index (χ2v) is 5.23. The monoisotopic (exact) mass is 335 g/mol. The van der Waals surface area contributed by atoms with E-state index in [0.29, 0.717) is 11.4 Å². The lowest BCUT2D eigenvalue weighted by atomic mass is 10.1. The van der Waals surface area contributed by atoms with Crippen molar-refractivity contribution in [3.63, 3.8) is 0 Å². The molecule has 0 unspecified atom stereocenters. The quantitative estimate of drug-likeness (QED) is 0.698. The Bertz CT molecular complexity index is 900. The van der Waals surface area contributed by atoms with Crippen LogP contribution in [0.5, 0.6) is 5.75 Å². The average Bonchev–Trinajstić information content (AvgIpc) is 3.10. The van der Waals surface area contributed by atoms with Gasteiger partial charge in [-0.3, -0.25) is 4.79 Å². The van der Waals surface area contributed by atoms with Gasteiger partial charge >= 0.3 is 0 Å². The minimum absolute atomic E-state index is 0.000402. The summed E-state index contributed by atoms with van der Waals surface area (Å²) < 4.78 is 6.75. The normalized spacial score (nSPS) is 10.8. The largest absolute Gasteiger partial charge is 0.497 e. The number of anilines is 1. The summed E-state index contributed by atoms with van der Waals surface area (Å²) >= 11 is 0. The number of hydrogen-bond acceptors (Lipinski definition) is 6. The summed E-state index contributed by atoms with van der Waals surface area (Å²) in [5.74, 6) is 1.31. The van der Waals surface area contributed by atoms with Crippen LogP contribution < -0.4 is 10.1 Å². The zero-order valence-corrected chi connectivity index (χ0v) is 13.9. The molecule has 0 atom stereocenters. The van der Waals surface area contributed by atoms with Crippen LogP contribution >= 0.6 is 0 Å². The maximum Gasteiger partial charge on any atom is 0.181 e. The first-order valence-corrected chi connectivity index (χ1v) is 7.65. The predicted octanol–water partition coefficient (Wildman–Crippen LogP) is 2.96. The molecule has 7 nitrogen and oxygen atoms in total. The second-order valence-electron chi connectivity index (χ2n) is 5.23. The molecule has 25 heavy (non-hydrogen) atoms. The Labute approximate surface area is 144 Å². The molecular formula is C18H17N5O2. The highest BCUT2D eigenvalue weighted by Gasteiger charge is 2.07. The van der Waals surface area contributed by atoms with Gasteiger partial charge in [0.1, 0.15) is 5.75 Å². The van der Waals surface area contributed by atoms with Gasteiger partial charge in [-0.25, -0.2) is 0 Å². The highest BCUT2D eigenvalue weighted by Crippen LogP contribution is 2.17. The fourth-order valence-electron chi connectivity index (χ4n) is 2.33. The molecule has 1 heterocycles. The molecular weight excluding hydrogens is 318 g/mol. The lowest BCUT2D eigenvalue weighted by Gasteiger charge is -2.06. The lowest BCUT2D eigenvalue weighted by molar-refractivity contribution is 0.101. The van der Waals surface area contributed by atoms with Crippen LogP contribution in [-0.2, 0) is 0 Å². The Balaban J connectivity index is 1.79. The lowest BCUT2D eigenvalue weighted by Crippen LogP contribution is -2.01. The summed E-state index contributed by atoms with van der Waals surface area (Å²) in [5, 5.41) is 14.8. The third-order valence-corrected chi connectivity index (χ3v) is 3.59. The van der Waals surface area contributed by atoms with Crippen LogP contribution in [-0.4, -0.2) is 33.1 Å². The van der Waals surface area contributed by atoms with Gasteiger partial charge in [-0.1, -0.05) is 12.1 Å². The van der Waals surface area contributed by atoms with Gasteiger partial charge in [-0.05, 0) is 53.7 Å². The Morgan fingerprint density at radius 2 is 1.92 bits per heavy atom. The molecule has 7 heteroatoms. The molecule has 0 saturated carbocycles. The number of ether oxygens (including phenoxy) is 1. The fourth-order valence-corrected chi connectivity index (χ4v) is 2.33. The number of hydrogen-bond donors (Lipinski definition) is 1. The number of nitrogens with zero attached hydrogens (tertiary/aromatic N) is 4. The zero-order chi connectivity index (χ0) is 17.6. The SMILES string of the molecule is COc1ccc(-n2nnnc2C=CNc2ccccc2C(C)=O)cc1. The van der Waals surface area contributed by atoms with Crippen LogP contribution in [0.25, 0.3) is 11.8 Å². The number of ketones is 1. The Hall–Kier alpha value is -3.48. The van der Waals surface area contributed by atoms with E-state index < -0.39 is 0 Å². The van der Waals surface area contributed by atoms with Crippen LogP contribution in [0.2, 0.25) is 0 Å². The van der Waals surface area contributed by atoms with Crippen molar-refractivity contribution in [1.29, 1.82) is 0 Å². The number of para-hydroxylation sites is 1. The van der Waals surface area contributed by atoms with Crippen LogP contribution in [0.15, 0.2) is 54.7 Å². The molecule has 0 fully saturated rings. The molecule has 3 rings (SSSR count). The number of nitrogens with one attached hydrogen (secondary N) is 1. The number of carbonyl (C=O) groups is 1. The van der Waals surface area contributed by atoms with Gasteiger partial charge < -0.3 is 10.1 Å². The molecule has 3 aromatic rings. The highest BCUT2D eigenvalue weighted by atomic mass is 16.5. The summed E-state index contributed by atoms with van der Waals surface area (Å²) in [5.41, 5.74) is 2.17. The molecule has 1 aromatic heterocycles. The molecule has 126 valence electrons. The van der Waals surface area contributed by atoms with Gasteiger partial charge in [-0.15, -0.1) is 5.10 Å². The number of methoxy groups -OCH3 is 1. The van der Waals surface area contributed by atoms with Gasteiger partial charge in [-0.2, -0.15) is 4.68 Å². The number of aromatic nitrogens is 4. The third kappa shape index (κ3) is 3.72. The van der Waals surface area contributed by atoms with Crippen molar-refractivity contribution >= 4 is 17.5 Å². The van der Waals surface area contributed by atoms with Gasteiger partial charge in [0.15, 0.2) is 11.6 Å². The van der Waals surface area contributed by atoms with Gasteiger partial charge in [0, 0.05) is 23.5 Å². The Kier molecular flexibility index (Phi) is 4.84. The van der Waals surface area contributed by atoms with E-state index in [1.165, 1.54) is 6.92 Å². The molecule has 1 N–H and O–H groups in total. The molecule has 0 bridgehead atoms. The van der Waals surface area contributed by atoms with Gasteiger partial charge in [0.05, 0.1) is 12.8 Å². The van der Waals surface area contributed by atoms with Crippen molar-refractivity contribution in [2.45, 2.75) is 6.92 Å². The Morgan fingerprint density at radius 1 is 1.16 bits per heavy atom. The Morgan fingerprint density at radius 3 is 2.64 bits per heavy atom. The smallest absolute Gasteiger partial charge is 0.181 e. The first-order valence-electron chi connectivity index (χ1n) is 7.65. The second kappa shape index (κ2) is 7.39. The maximum absolute atomic E-state index is 11.6. The molecule has 0 aliphatic carbocycles. The topological polar surface area (TPSA) is 81.9 Å². The van der Waals surface area contributed by atoms with Crippen molar-refractivity contribution in [2.75, 3.05) is 12.4 Å². The minimum Gasteiger partial charge on any atom is -0.497 e. The first-order chi connectivity index (χ1) is 12.2. The molecule has 0 spiro atoms. The average molecular weight is 335 g/mol. The van der Waals surface area contributed by atoms with Crippen molar-refractivity contribution in [2.24, 2.45) is 0 Å². The van der Waals surface area contributed by atoms with Crippen molar-refractivity contribution < 1.29 is 9.53 Å². The van der Waals surface area contributed by atoms with E-state index >= 15 is 0 Å². The summed E-state index contributed by atoms with van der Waals surface area (Å²) in [6.45, 7) is 1.54. The fraction of sp³-hybridized carbons (Fsp3) is 0.111. The molecule has 0 radical (unpaired) electrons. The van der Waals surface area contributed by atoms with E-state index in [0.717, 1.165) is 17.1 Å². The van der Waals surface area contributed by atoms with E-state index in [-0.39, 0.29) is 5.78 Å². The van der Waals surface area contributed by atoms with Crippen molar-refractivity contribution in [3.8, 4) is 11.4 Å². The predicted molar refractivity (Wildman–Crippen MR) is 94.8 cm³/mol. The van der Waals surface area contributed by atoms with E-state index in [9.17, 15) is 4.79 Å².